The summed E-state index contributed by atoms with van der Waals surface area (Å²) >= 11 is 0. The van der Waals surface area contributed by atoms with E-state index in [2.05, 4.69) is 16.0 Å². The highest BCUT2D eigenvalue weighted by Crippen LogP contribution is 2.43. The van der Waals surface area contributed by atoms with E-state index in [0.717, 1.165) is 5.69 Å². The summed E-state index contributed by atoms with van der Waals surface area (Å²) in [5, 5.41) is 9.75. The van der Waals surface area contributed by atoms with Crippen LogP contribution in [0.3, 0.4) is 0 Å². The minimum Gasteiger partial charge on any atom is -0.382 e. The Hall–Kier alpha value is -1.55. The van der Waals surface area contributed by atoms with E-state index in [4.69, 9.17) is 0 Å². The first-order valence-electron chi connectivity index (χ1n) is 7.50. The zero-order valence-corrected chi connectivity index (χ0v) is 12.0. The molecule has 2 fully saturated rings. The number of carbonyl (C=O) groups excluding carboxylic acids is 1. The lowest BCUT2D eigenvalue weighted by atomic mass is 9.85. The first kappa shape index (κ1) is 13.4. The normalized spacial score (nSPS) is 28.8. The molecule has 1 heterocycles. The Morgan fingerprint density at radius 3 is 2.75 bits per heavy atom. The van der Waals surface area contributed by atoms with Gasteiger partial charge in [0.2, 0.25) is 0 Å². The average Bonchev–Trinajstić information content (AvgIpc) is 3.09. The molecule has 0 aromatic heterocycles. The van der Waals surface area contributed by atoms with E-state index >= 15 is 0 Å². The highest BCUT2D eigenvalue weighted by molar-refractivity contribution is 5.94. The third-order valence-electron chi connectivity index (χ3n) is 4.78. The quantitative estimate of drug-likeness (QED) is 0.789. The molecule has 1 spiro atoms. The van der Waals surface area contributed by atoms with Crippen LogP contribution in [0, 0.1) is 5.41 Å². The van der Waals surface area contributed by atoms with Crippen molar-refractivity contribution < 1.29 is 4.79 Å². The Morgan fingerprint density at radius 1 is 1.30 bits per heavy atom. The van der Waals surface area contributed by atoms with Crippen LogP contribution in [0.25, 0.3) is 0 Å². The second kappa shape index (κ2) is 5.44. The number of anilines is 1. The molecule has 20 heavy (non-hydrogen) atoms. The van der Waals surface area contributed by atoms with Gasteiger partial charge in [-0.15, -0.1) is 0 Å². The first-order valence-corrected chi connectivity index (χ1v) is 7.50. The standard InChI is InChI=1S/C16H23N3O/c1-17-15(20)12-2-4-13(5-3-12)19-14-6-7-16(10-14)8-9-18-11-16/h2-5,14,18-19H,6-11H2,1H3,(H,17,20). The highest BCUT2D eigenvalue weighted by Gasteiger charge is 2.40. The maximum absolute atomic E-state index is 11.5. The smallest absolute Gasteiger partial charge is 0.251 e. The van der Waals surface area contributed by atoms with Crippen LogP contribution in [-0.4, -0.2) is 32.1 Å². The van der Waals surface area contributed by atoms with Crippen molar-refractivity contribution in [3.8, 4) is 0 Å². The van der Waals surface area contributed by atoms with E-state index in [1.54, 1.807) is 7.05 Å². The van der Waals surface area contributed by atoms with Gasteiger partial charge in [-0.3, -0.25) is 4.79 Å². The van der Waals surface area contributed by atoms with Crippen LogP contribution in [0.1, 0.15) is 36.0 Å². The predicted molar refractivity (Wildman–Crippen MR) is 81.0 cm³/mol. The summed E-state index contributed by atoms with van der Waals surface area (Å²) in [7, 11) is 1.65. The minimum absolute atomic E-state index is 0.0339. The van der Waals surface area contributed by atoms with E-state index < -0.39 is 0 Å². The van der Waals surface area contributed by atoms with Gasteiger partial charge in [-0.25, -0.2) is 0 Å². The predicted octanol–water partition coefficient (Wildman–Crippen LogP) is 1.99. The molecule has 4 nitrogen and oxygen atoms in total. The summed E-state index contributed by atoms with van der Waals surface area (Å²) in [6, 6.07) is 8.33. The van der Waals surface area contributed by atoms with Gasteiger partial charge in [0.1, 0.15) is 0 Å². The van der Waals surface area contributed by atoms with Gasteiger partial charge in [-0.1, -0.05) is 0 Å². The third-order valence-corrected chi connectivity index (χ3v) is 4.78. The van der Waals surface area contributed by atoms with Crippen LogP contribution in [-0.2, 0) is 0 Å². The molecule has 0 radical (unpaired) electrons. The molecule has 2 atom stereocenters. The Morgan fingerprint density at radius 2 is 2.10 bits per heavy atom. The summed E-state index contributed by atoms with van der Waals surface area (Å²) in [5.74, 6) is -0.0339. The lowest BCUT2D eigenvalue weighted by molar-refractivity contribution is 0.0963. The summed E-state index contributed by atoms with van der Waals surface area (Å²) < 4.78 is 0. The number of hydrogen-bond donors (Lipinski definition) is 3. The van der Waals surface area contributed by atoms with Crippen LogP contribution >= 0.6 is 0 Å². The molecular formula is C16H23N3O. The molecule has 1 aromatic carbocycles. The molecule has 2 unspecified atom stereocenters. The van der Waals surface area contributed by atoms with Crippen molar-refractivity contribution in [1.82, 2.24) is 10.6 Å². The fourth-order valence-electron chi connectivity index (χ4n) is 3.61. The Bertz CT molecular complexity index is 477. The molecule has 1 saturated heterocycles. The van der Waals surface area contributed by atoms with E-state index in [9.17, 15) is 4.79 Å². The van der Waals surface area contributed by atoms with Crippen LogP contribution in [0.4, 0.5) is 5.69 Å². The fourth-order valence-corrected chi connectivity index (χ4v) is 3.61. The van der Waals surface area contributed by atoms with Gasteiger partial charge in [0.15, 0.2) is 0 Å². The van der Waals surface area contributed by atoms with Crippen LogP contribution in [0.15, 0.2) is 24.3 Å². The largest absolute Gasteiger partial charge is 0.382 e. The van der Waals surface area contributed by atoms with Gasteiger partial charge < -0.3 is 16.0 Å². The summed E-state index contributed by atoms with van der Waals surface area (Å²) in [6.07, 6.45) is 5.16. The van der Waals surface area contributed by atoms with Crippen molar-refractivity contribution in [2.75, 3.05) is 25.5 Å². The van der Waals surface area contributed by atoms with Crippen molar-refractivity contribution in [3.63, 3.8) is 0 Å². The summed E-state index contributed by atoms with van der Waals surface area (Å²) in [5.41, 5.74) is 2.37. The molecule has 1 aromatic rings. The number of benzene rings is 1. The lowest BCUT2D eigenvalue weighted by Gasteiger charge is -2.22. The van der Waals surface area contributed by atoms with Crippen molar-refractivity contribution in [2.45, 2.75) is 31.7 Å². The maximum Gasteiger partial charge on any atom is 0.251 e. The van der Waals surface area contributed by atoms with E-state index in [1.165, 1.54) is 38.8 Å². The average molecular weight is 273 g/mol. The maximum atomic E-state index is 11.5. The fraction of sp³-hybridized carbons (Fsp3) is 0.562. The number of nitrogens with one attached hydrogen (secondary N) is 3. The van der Waals surface area contributed by atoms with Gasteiger partial charge in [0.05, 0.1) is 0 Å². The van der Waals surface area contributed by atoms with Gasteiger partial charge >= 0.3 is 0 Å². The van der Waals surface area contributed by atoms with Gasteiger partial charge in [0.25, 0.3) is 5.91 Å². The third kappa shape index (κ3) is 2.66. The molecule has 1 aliphatic heterocycles. The number of hydrogen-bond acceptors (Lipinski definition) is 3. The van der Waals surface area contributed by atoms with Crippen molar-refractivity contribution in [3.05, 3.63) is 29.8 Å². The highest BCUT2D eigenvalue weighted by atomic mass is 16.1. The second-order valence-corrected chi connectivity index (χ2v) is 6.17. The number of rotatable bonds is 3. The van der Waals surface area contributed by atoms with Gasteiger partial charge in [0, 0.05) is 30.9 Å². The zero-order chi connectivity index (χ0) is 14.0. The molecule has 3 rings (SSSR count). The van der Waals surface area contributed by atoms with Gasteiger partial charge in [-0.2, -0.15) is 0 Å². The lowest BCUT2D eigenvalue weighted by Crippen LogP contribution is -2.23. The summed E-state index contributed by atoms with van der Waals surface area (Å²) in [6.45, 7) is 2.36. The van der Waals surface area contributed by atoms with Crippen molar-refractivity contribution in [1.29, 1.82) is 0 Å². The molecule has 3 N–H and O–H groups in total. The topological polar surface area (TPSA) is 53.2 Å². The summed E-state index contributed by atoms with van der Waals surface area (Å²) in [4.78, 5) is 11.5. The van der Waals surface area contributed by atoms with E-state index in [-0.39, 0.29) is 5.91 Å². The number of carbonyl (C=O) groups is 1. The molecular weight excluding hydrogens is 250 g/mol. The second-order valence-electron chi connectivity index (χ2n) is 6.17. The van der Waals surface area contributed by atoms with Crippen molar-refractivity contribution in [2.24, 2.45) is 5.41 Å². The molecule has 108 valence electrons. The molecule has 1 saturated carbocycles. The minimum atomic E-state index is -0.0339. The SMILES string of the molecule is CNC(=O)c1ccc(NC2CCC3(CCNC3)C2)cc1. The Labute approximate surface area is 120 Å². The first-order chi connectivity index (χ1) is 9.71. The molecule has 2 aliphatic rings. The van der Waals surface area contributed by atoms with Crippen LogP contribution in [0.2, 0.25) is 0 Å². The Kier molecular flexibility index (Phi) is 3.66. The number of amides is 1. The zero-order valence-electron chi connectivity index (χ0n) is 12.0. The van der Waals surface area contributed by atoms with E-state index in [0.29, 0.717) is 17.0 Å². The molecule has 4 heteroatoms. The van der Waals surface area contributed by atoms with Gasteiger partial charge in [-0.05, 0) is 61.9 Å². The Balaban J connectivity index is 1.60. The molecule has 0 bridgehead atoms. The molecule has 1 amide bonds. The van der Waals surface area contributed by atoms with E-state index in [1.807, 2.05) is 24.3 Å². The van der Waals surface area contributed by atoms with Crippen LogP contribution < -0.4 is 16.0 Å². The van der Waals surface area contributed by atoms with Crippen LogP contribution in [0.5, 0.6) is 0 Å². The van der Waals surface area contributed by atoms with Crippen molar-refractivity contribution >= 4 is 11.6 Å². The molecule has 1 aliphatic carbocycles. The monoisotopic (exact) mass is 273 g/mol.